The maximum absolute atomic E-state index is 14.3. The Hall–Kier alpha value is -2.43. The van der Waals surface area contributed by atoms with E-state index < -0.39 is 5.91 Å². The van der Waals surface area contributed by atoms with E-state index in [1.807, 2.05) is 17.9 Å². The number of hydroxylamine groups is 1. The second-order valence-electron chi connectivity index (χ2n) is 5.66. The number of anilines is 1. The van der Waals surface area contributed by atoms with Crippen molar-refractivity contribution in [3.63, 3.8) is 0 Å². The summed E-state index contributed by atoms with van der Waals surface area (Å²) in [5.41, 5.74) is 4.29. The molecule has 2 heterocycles. The average Bonchev–Trinajstić information content (AvgIpc) is 2.60. The molecule has 0 saturated heterocycles. The normalized spacial score (nSPS) is 18.5. The number of benzene rings is 2. The minimum Gasteiger partial charge on any atom is -0.485 e. The number of amides is 1. The number of rotatable bonds is 1. The van der Waals surface area contributed by atoms with Crippen LogP contribution in [0.1, 0.15) is 28.9 Å². The van der Waals surface area contributed by atoms with Crippen LogP contribution in [0.5, 0.6) is 5.75 Å². The van der Waals surface area contributed by atoms with E-state index in [9.17, 15) is 9.18 Å². The number of fused-ring (bicyclic) bond motifs is 4. The standard InChI is InChI=1S/C17H14FN2O3P/c1-9-16-11(18)3-2-4-14(16)24-15-8-23-13-6-5-10(17(21)19-22)7-12(13)20(9)15/h2-7,9,22H,8H2,1H3,(H,19,21). The molecule has 122 valence electrons. The molecule has 2 aromatic carbocycles. The Morgan fingerprint density at radius 3 is 3.04 bits per heavy atom. The Labute approximate surface area is 139 Å². The van der Waals surface area contributed by atoms with Crippen LogP contribution in [0.2, 0.25) is 0 Å². The highest BCUT2D eigenvalue weighted by Gasteiger charge is 2.34. The zero-order chi connectivity index (χ0) is 16.8. The van der Waals surface area contributed by atoms with E-state index >= 15 is 0 Å². The first-order valence-electron chi connectivity index (χ1n) is 7.46. The van der Waals surface area contributed by atoms with Crippen LogP contribution in [-0.2, 0) is 0 Å². The van der Waals surface area contributed by atoms with Crippen LogP contribution in [0.15, 0.2) is 36.4 Å². The van der Waals surface area contributed by atoms with Crippen LogP contribution >= 0.6 is 8.20 Å². The number of carbonyl (C=O) groups is 1. The number of halogens is 1. The number of nitrogens with zero attached hydrogens (tertiary/aromatic N) is 1. The molecule has 2 aliphatic heterocycles. The van der Waals surface area contributed by atoms with Crippen LogP contribution in [0.3, 0.4) is 0 Å². The van der Waals surface area contributed by atoms with E-state index in [4.69, 9.17) is 9.94 Å². The van der Waals surface area contributed by atoms with Gasteiger partial charge in [0.15, 0.2) is 0 Å². The zero-order valence-electron chi connectivity index (χ0n) is 12.8. The molecule has 0 spiro atoms. The molecular formula is C17H14FN2O3P. The molecule has 2 aliphatic rings. The lowest BCUT2D eigenvalue weighted by atomic mass is 10.0. The van der Waals surface area contributed by atoms with Crippen molar-refractivity contribution in [1.29, 1.82) is 0 Å². The SMILES string of the molecule is CC1c2c(F)cccc2P=C2COc3ccc(C(=O)NO)cc3N21. The molecule has 0 aliphatic carbocycles. The Kier molecular flexibility index (Phi) is 3.52. The van der Waals surface area contributed by atoms with E-state index in [0.29, 0.717) is 29.2 Å². The Balaban J connectivity index is 1.87. The van der Waals surface area contributed by atoms with E-state index in [0.717, 1.165) is 18.9 Å². The van der Waals surface area contributed by atoms with E-state index in [1.165, 1.54) is 6.07 Å². The summed E-state index contributed by atoms with van der Waals surface area (Å²) in [6.07, 6.45) is 0. The van der Waals surface area contributed by atoms with Crippen LogP contribution < -0.4 is 20.4 Å². The van der Waals surface area contributed by atoms with Gasteiger partial charge in [-0.25, -0.2) is 9.87 Å². The quantitative estimate of drug-likeness (QED) is 0.474. The maximum atomic E-state index is 14.3. The molecule has 0 bridgehead atoms. The van der Waals surface area contributed by atoms with Gasteiger partial charge in [-0.3, -0.25) is 10.0 Å². The van der Waals surface area contributed by atoms with Crippen molar-refractivity contribution in [1.82, 2.24) is 5.48 Å². The average molecular weight is 344 g/mol. The fourth-order valence-electron chi connectivity index (χ4n) is 3.21. The molecule has 7 heteroatoms. The minimum absolute atomic E-state index is 0.215. The summed E-state index contributed by atoms with van der Waals surface area (Å²) in [5, 5.41) is 9.78. The lowest BCUT2D eigenvalue weighted by Gasteiger charge is -2.40. The number of ether oxygens (including phenoxy) is 1. The summed E-state index contributed by atoms with van der Waals surface area (Å²) in [6, 6.07) is 9.81. The van der Waals surface area contributed by atoms with Gasteiger partial charge in [0.25, 0.3) is 5.91 Å². The highest BCUT2D eigenvalue weighted by Crippen LogP contribution is 2.42. The van der Waals surface area contributed by atoms with Crippen LogP contribution in [0.4, 0.5) is 10.1 Å². The van der Waals surface area contributed by atoms with Gasteiger partial charge in [-0.1, -0.05) is 6.07 Å². The summed E-state index contributed by atoms with van der Waals surface area (Å²) in [5.74, 6) is -0.197. The molecule has 24 heavy (non-hydrogen) atoms. The first-order chi connectivity index (χ1) is 11.6. The molecule has 4 rings (SSSR count). The highest BCUT2D eigenvalue weighted by molar-refractivity contribution is 7.49. The van der Waals surface area contributed by atoms with Crippen molar-refractivity contribution in [3.8, 4) is 5.75 Å². The first kappa shape index (κ1) is 15.1. The fourth-order valence-corrected chi connectivity index (χ4v) is 4.58. The van der Waals surface area contributed by atoms with Gasteiger partial charge in [-0.15, -0.1) is 0 Å². The number of hydrogen-bond donors (Lipinski definition) is 2. The lowest BCUT2D eigenvalue weighted by Crippen LogP contribution is -2.44. The summed E-state index contributed by atoms with van der Waals surface area (Å²) in [7, 11) is 0.893. The van der Waals surface area contributed by atoms with Crippen molar-refractivity contribution in [3.05, 3.63) is 53.3 Å². The predicted molar refractivity (Wildman–Crippen MR) is 90.0 cm³/mol. The summed E-state index contributed by atoms with van der Waals surface area (Å²) >= 11 is 0. The van der Waals surface area contributed by atoms with Gasteiger partial charge in [-0.05, 0) is 45.5 Å². The largest absolute Gasteiger partial charge is 0.485 e. The van der Waals surface area contributed by atoms with Crippen molar-refractivity contribution in [2.24, 2.45) is 0 Å². The van der Waals surface area contributed by atoms with Crippen LogP contribution in [0, 0.1) is 5.82 Å². The molecule has 0 saturated carbocycles. The van der Waals surface area contributed by atoms with Gasteiger partial charge in [0, 0.05) is 16.4 Å². The third-order valence-corrected chi connectivity index (χ3v) is 5.54. The maximum Gasteiger partial charge on any atom is 0.274 e. The van der Waals surface area contributed by atoms with Crippen molar-refractivity contribution < 1.29 is 19.1 Å². The minimum atomic E-state index is -0.598. The molecule has 0 aromatic heterocycles. The number of hydrogen-bond acceptors (Lipinski definition) is 4. The molecule has 5 nitrogen and oxygen atoms in total. The zero-order valence-corrected chi connectivity index (χ0v) is 13.7. The second-order valence-corrected chi connectivity index (χ2v) is 6.88. The van der Waals surface area contributed by atoms with Crippen LogP contribution in [-0.4, -0.2) is 23.1 Å². The summed E-state index contributed by atoms with van der Waals surface area (Å²) < 4.78 is 20.1. The third kappa shape index (κ3) is 2.19. The van der Waals surface area contributed by atoms with Crippen molar-refractivity contribution in [2.75, 3.05) is 11.5 Å². The first-order valence-corrected chi connectivity index (χ1v) is 8.36. The summed E-state index contributed by atoms with van der Waals surface area (Å²) in [4.78, 5) is 13.7. The lowest BCUT2D eigenvalue weighted by molar-refractivity contribution is 0.0706. The number of carbonyl (C=O) groups excluding carboxylic acids is 1. The molecule has 0 radical (unpaired) electrons. The van der Waals surface area contributed by atoms with Gasteiger partial charge in [-0.2, -0.15) is 0 Å². The van der Waals surface area contributed by atoms with E-state index in [2.05, 4.69) is 0 Å². The highest BCUT2D eigenvalue weighted by atomic mass is 31.1. The Morgan fingerprint density at radius 2 is 2.25 bits per heavy atom. The number of nitrogens with one attached hydrogen (secondary N) is 1. The van der Waals surface area contributed by atoms with Gasteiger partial charge >= 0.3 is 0 Å². The Bertz CT molecular complexity index is 884. The molecule has 2 aromatic rings. The third-order valence-electron chi connectivity index (χ3n) is 4.30. The van der Waals surface area contributed by atoms with E-state index in [-0.39, 0.29) is 11.9 Å². The molecule has 2 N–H and O–H groups in total. The van der Waals surface area contributed by atoms with Gasteiger partial charge in [0.1, 0.15) is 18.2 Å². The Morgan fingerprint density at radius 1 is 1.42 bits per heavy atom. The molecular weight excluding hydrogens is 330 g/mol. The molecule has 0 fully saturated rings. The van der Waals surface area contributed by atoms with Gasteiger partial charge < -0.3 is 9.64 Å². The second kappa shape index (κ2) is 5.58. The fraction of sp³-hybridized carbons (Fsp3) is 0.176. The van der Waals surface area contributed by atoms with Crippen molar-refractivity contribution in [2.45, 2.75) is 13.0 Å². The van der Waals surface area contributed by atoms with Crippen molar-refractivity contribution >= 4 is 30.5 Å². The molecule has 1 amide bonds. The van der Waals surface area contributed by atoms with Crippen LogP contribution in [0.25, 0.3) is 0 Å². The smallest absolute Gasteiger partial charge is 0.274 e. The van der Waals surface area contributed by atoms with Gasteiger partial charge in [0.05, 0.1) is 17.1 Å². The summed E-state index contributed by atoms with van der Waals surface area (Å²) in [6.45, 7) is 2.35. The van der Waals surface area contributed by atoms with Gasteiger partial charge in [0.2, 0.25) is 0 Å². The molecule has 1 atom stereocenters. The predicted octanol–water partition coefficient (Wildman–Crippen LogP) is 2.62. The topological polar surface area (TPSA) is 61.8 Å². The molecule has 1 unspecified atom stereocenters. The monoisotopic (exact) mass is 344 g/mol. The van der Waals surface area contributed by atoms with E-state index in [1.54, 1.807) is 29.7 Å².